The highest BCUT2D eigenvalue weighted by atomic mass is 32.1. The zero-order chi connectivity index (χ0) is 35.4. The van der Waals surface area contributed by atoms with E-state index in [2.05, 4.69) is 35.7 Å². The topological polar surface area (TPSA) is 73.6 Å². The van der Waals surface area contributed by atoms with Crippen molar-refractivity contribution < 1.29 is 22.6 Å². The van der Waals surface area contributed by atoms with Gasteiger partial charge in [0.25, 0.3) is 0 Å². The van der Waals surface area contributed by atoms with Gasteiger partial charge in [-0.25, -0.2) is 4.85 Å². The van der Waals surface area contributed by atoms with Gasteiger partial charge in [0.2, 0.25) is 11.3 Å². The van der Waals surface area contributed by atoms with E-state index in [0.29, 0.717) is 11.5 Å². The zero-order valence-electron chi connectivity index (χ0n) is 27.7. The van der Waals surface area contributed by atoms with Gasteiger partial charge in [0.15, 0.2) is 11.3 Å². The van der Waals surface area contributed by atoms with Gasteiger partial charge in [-0.05, 0) is 67.8 Å². The van der Waals surface area contributed by atoms with E-state index in [9.17, 15) is 23.7 Å². The smallest absolute Gasteiger partial charge is 0.430 e. The number of ether oxygens (including phenoxy) is 2. The molecule has 49 heavy (non-hydrogen) atoms. The van der Waals surface area contributed by atoms with Crippen molar-refractivity contribution in [3.8, 4) is 17.9 Å². The Morgan fingerprint density at radius 1 is 0.959 bits per heavy atom. The van der Waals surface area contributed by atoms with E-state index < -0.39 is 34.4 Å². The minimum Gasteiger partial charge on any atom is -0.488 e. The molecular weight excluding hydrogens is 646 g/mol. The first-order chi connectivity index (χ1) is 23.6. The number of benzene rings is 2. The molecule has 1 aliphatic heterocycles. The first-order valence-corrected chi connectivity index (χ1v) is 16.8. The number of anilines is 1. The van der Waals surface area contributed by atoms with Gasteiger partial charge in [-0.1, -0.05) is 63.1 Å². The Hall–Kier alpha value is -5.24. The van der Waals surface area contributed by atoms with Gasteiger partial charge in [-0.3, -0.25) is 0 Å². The van der Waals surface area contributed by atoms with Crippen molar-refractivity contribution in [2.75, 3.05) is 18.0 Å². The lowest BCUT2D eigenvalue weighted by Crippen LogP contribution is -2.43. The average Bonchev–Trinajstić information content (AvgIpc) is 3.68. The average molecular weight is 683 g/mol. The van der Waals surface area contributed by atoms with Crippen LogP contribution in [0.15, 0.2) is 89.3 Å². The van der Waals surface area contributed by atoms with Gasteiger partial charge in [-0.15, -0.1) is 11.3 Å². The number of unbranched alkanes of at least 4 members (excludes halogenated alkanes) is 2. The summed E-state index contributed by atoms with van der Waals surface area (Å²) in [5, 5.41) is 18.5. The maximum Gasteiger partial charge on any atom is 0.430 e. The van der Waals surface area contributed by atoms with Gasteiger partial charge >= 0.3 is 6.18 Å². The number of nitriles is 2. The monoisotopic (exact) mass is 682 g/mol. The molecular formula is C39H37F3N4O2S. The number of rotatable bonds is 14. The highest BCUT2D eigenvalue weighted by molar-refractivity contribution is 7.13. The predicted octanol–water partition coefficient (Wildman–Crippen LogP) is 10.7. The molecule has 0 amide bonds. The molecule has 0 saturated carbocycles. The van der Waals surface area contributed by atoms with Crippen LogP contribution in [0.3, 0.4) is 0 Å². The first-order valence-electron chi connectivity index (χ1n) is 16.0. The Balaban J connectivity index is 1.64. The fraction of sp³-hybridized carbons (Fsp3) is 0.308. The Kier molecular flexibility index (Phi) is 12.5. The van der Waals surface area contributed by atoms with Crippen LogP contribution in [0.1, 0.15) is 67.3 Å². The second kappa shape index (κ2) is 16.7. The zero-order valence-corrected chi connectivity index (χ0v) is 28.5. The van der Waals surface area contributed by atoms with Crippen LogP contribution in [0.2, 0.25) is 0 Å². The van der Waals surface area contributed by atoms with E-state index >= 15 is 0 Å². The van der Waals surface area contributed by atoms with E-state index in [4.69, 9.17) is 16.0 Å². The molecule has 4 rings (SSSR count). The summed E-state index contributed by atoms with van der Waals surface area (Å²) < 4.78 is 54.1. The van der Waals surface area contributed by atoms with Crippen molar-refractivity contribution in [2.45, 2.75) is 64.8 Å². The summed E-state index contributed by atoms with van der Waals surface area (Å²) in [4.78, 5) is 7.11. The van der Waals surface area contributed by atoms with E-state index in [1.54, 1.807) is 6.07 Å². The summed E-state index contributed by atoms with van der Waals surface area (Å²) in [5.74, 6) is 0.0842. The first kappa shape index (κ1) is 36.6. The van der Waals surface area contributed by atoms with Crippen molar-refractivity contribution in [3.05, 3.63) is 122 Å². The van der Waals surface area contributed by atoms with Crippen molar-refractivity contribution in [1.29, 1.82) is 10.5 Å². The van der Waals surface area contributed by atoms with Gasteiger partial charge < -0.3 is 14.4 Å². The molecule has 0 spiro atoms. The minimum absolute atomic E-state index is 0.410. The van der Waals surface area contributed by atoms with Crippen LogP contribution in [-0.2, 0) is 11.3 Å². The highest BCUT2D eigenvalue weighted by Gasteiger charge is 2.60. The van der Waals surface area contributed by atoms with Crippen molar-refractivity contribution in [1.82, 2.24) is 0 Å². The quantitative estimate of drug-likeness (QED) is 0.125. The normalized spacial score (nSPS) is 16.0. The maximum absolute atomic E-state index is 14.2. The number of alkyl halides is 3. The van der Waals surface area contributed by atoms with Crippen molar-refractivity contribution in [3.63, 3.8) is 0 Å². The summed E-state index contributed by atoms with van der Waals surface area (Å²) >= 11 is 1.35. The van der Waals surface area contributed by atoms with Gasteiger partial charge in [0.1, 0.15) is 24.5 Å². The lowest BCUT2D eigenvalue weighted by atomic mass is 9.94. The molecule has 0 radical (unpaired) electrons. The van der Waals surface area contributed by atoms with Crippen LogP contribution < -0.4 is 9.64 Å². The lowest BCUT2D eigenvalue weighted by molar-refractivity contribution is -0.236. The molecule has 1 atom stereocenters. The van der Waals surface area contributed by atoms with Crippen LogP contribution in [-0.4, -0.2) is 24.9 Å². The molecule has 10 heteroatoms. The number of hydrogen-bond acceptors (Lipinski definition) is 6. The van der Waals surface area contributed by atoms with Crippen LogP contribution in [0.5, 0.6) is 5.75 Å². The largest absolute Gasteiger partial charge is 0.488 e. The third-order valence-corrected chi connectivity index (χ3v) is 9.06. The third kappa shape index (κ3) is 8.82. The molecule has 1 aliphatic rings. The molecule has 0 N–H and O–H groups in total. The molecule has 0 bridgehead atoms. The van der Waals surface area contributed by atoms with Crippen LogP contribution in [0.4, 0.5) is 18.9 Å². The number of nitrogens with zero attached hydrogens (tertiary/aromatic N) is 4. The molecule has 2 aromatic carbocycles. The van der Waals surface area contributed by atoms with E-state index in [1.165, 1.54) is 35.6 Å². The Labute approximate surface area is 290 Å². The molecule has 0 fully saturated rings. The number of allylic oxidation sites excluding steroid dienone is 1. The molecule has 2 heterocycles. The molecule has 0 aliphatic carbocycles. The molecule has 3 aromatic rings. The summed E-state index contributed by atoms with van der Waals surface area (Å²) in [6, 6.07) is 22.9. The Morgan fingerprint density at radius 2 is 1.59 bits per heavy atom. The number of hydrogen-bond donors (Lipinski definition) is 0. The second-order valence-electron chi connectivity index (χ2n) is 11.5. The number of halogens is 3. The SMILES string of the molecule is [C-]#[N+]C1=C(/C=C/c2ccc(/C=C/c3ccc(N(CCCC)CCCC)cc3OCc3ccccc3)s2)C(C)(C(F)(F)F)OC1=C(C#N)C#N. The van der Waals surface area contributed by atoms with Gasteiger partial charge in [0.05, 0.1) is 6.57 Å². The van der Waals surface area contributed by atoms with Crippen molar-refractivity contribution >= 4 is 35.3 Å². The predicted molar refractivity (Wildman–Crippen MR) is 189 cm³/mol. The van der Waals surface area contributed by atoms with Gasteiger partial charge in [-0.2, -0.15) is 23.7 Å². The van der Waals surface area contributed by atoms with Gasteiger partial charge in [0, 0.05) is 45.7 Å². The van der Waals surface area contributed by atoms with E-state index in [1.807, 2.05) is 54.6 Å². The summed E-state index contributed by atoms with van der Waals surface area (Å²) in [6.07, 6.45) is 6.02. The Morgan fingerprint density at radius 3 is 2.16 bits per heavy atom. The third-order valence-electron chi connectivity index (χ3n) is 8.05. The van der Waals surface area contributed by atoms with Crippen LogP contribution in [0.25, 0.3) is 23.1 Å². The van der Waals surface area contributed by atoms with Crippen LogP contribution >= 0.6 is 11.3 Å². The molecule has 0 saturated heterocycles. The lowest BCUT2D eigenvalue weighted by Gasteiger charge is -2.29. The maximum atomic E-state index is 14.2. The molecule has 252 valence electrons. The van der Waals surface area contributed by atoms with Crippen LogP contribution in [0, 0.1) is 29.2 Å². The molecule has 1 aromatic heterocycles. The second-order valence-corrected chi connectivity index (χ2v) is 12.7. The van der Waals surface area contributed by atoms with Crippen molar-refractivity contribution in [2.24, 2.45) is 0 Å². The van der Waals surface area contributed by atoms with E-state index in [0.717, 1.165) is 73.1 Å². The summed E-state index contributed by atoms with van der Waals surface area (Å²) in [6.45, 7) is 15.0. The standard InChI is InChI=1S/C39H37F3N4O2S/c1-5-7-22-46(23-8-6-2)31-16-14-29(35(24-31)47-27-28-12-10-9-11-13-28)15-17-32-18-19-33(49-32)20-21-34-36(45-4)37(30(25-43)26-44)48-38(34,3)39(40,41)42/h9-21,24H,5-8,22-23,27H2,1-3H3/b17-15+,21-20+. The highest BCUT2D eigenvalue weighted by Crippen LogP contribution is 2.50. The fourth-order valence-corrected chi connectivity index (χ4v) is 6.00. The summed E-state index contributed by atoms with van der Waals surface area (Å²) in [5.41, 5.74) is -1.53. The molecule has 1 unspecified atom stereocenters. The fourth-order valence-electron chi connectivity index (χ4n) is 5.18. The summed E-state index contributed by atoms with van der Waals surface area (Å²) in [7, 11) is 0. The minimum atomic E-state index is -4.91. The molecule has 6 nitrogen and oxygen atoms in total. The van der Waals surface area contributed by atoms with E-state index in [-0.39, 0.29) is 0 Å². The number of thiophene rings is 1. The Bertz CT molecular complexity index is 1850.